The highest BCUT2D eigenvalue weighted by atomic mass is 16.6. The molecule has 0 N–H and O–H groups in total. The number of ether oxygens (including phenoxy) is 3. The monoisotopic (exact) mass is 967 g/mol. The van der Waals surface area contributed by atoms with Gasteiger partial charge in [0, 0.05) is 19.3 Å². The van der Waals surface area contributed by atoms with E-state index in [1.807, 2.05) is 0 Å². The zero-order valence-electron chi connectivity index (χ0n) is 46.1. The molecule has 0 aromatic rings. The van der Waals surface area contributed by atoms with E-state index in [1.165, 1.54) is 186 Å². The Hall–Kier alpha value is -2.63. The van der Waals surface area contributed by atoms with Crippen LogP contribution in [0.4, 0.5) is 0 Å². The third kappa shape index (κ3) is 56.2. The SMILES string of the molecule is CC/C=C\C/C=C\C/C=C\C/C=C\CCCCCCCCCCC(=O)OCC(COC(=O)CCCCCCCCCCCCCC)OC(=O)CCCCCCCCCCCCCCCCCCCC. The van der Waals surface area contributed by atoms with E-state index in [9.17, 15) is 14.4 Å². The van der Waals surface area contributed by atoms with Crippen molar-refractivity contribution in [3.8, 4) is 0 Å². The van der Waals surface area contributed by atoms with Gasteiger partial charge in [-0.1, -0.05) is 288 Å². The first-order chi connectivity index (χ1) is 34.0. The first kappa shape index (κ1) is 66.4. The van der Waals surface area contributed by atoms with Gasteiger partial charge in [0.1, 0.15) is 13.2 Å². The second-order valence-corrected chi connectivity index (χ2v) is 20.2. The van der Waals surface area contributed by atoms with Crippen LogP contribution >= 0.6 is 0 Å². The van der Waals surface area contributed by atoms with Crippen molar-refractivity contribution >= 4 is 17.9 Å². The topological polar surface area (TPSA) is 78.9 Å². The number of carbonyl (C=O) groups is 3. The molecule has 0 saturated heterocycles. The smallest absolute Gasteiger partial charge is 0.306 e. The number of hydrogen-bond donors (Lipinski definition) is 0. The standard InChI is InChI=1S/C63H114O6/c1-4-7-10-13-16-19-22-25-27-29-31-32-33-35-36-38-41-44-47-50-53-56-62(65)68-59-60(58-67-61(64)55-52-49-46-43-40-24-21-18-15-12-9-6-3)69-63(66)57-54-51-48-45-42-39-37-34-30-28-26-23-20-17-14-11-8-5-2/h7,10,16,19,25,27,31-32,60H,4-6,8-9,11-15,17-18,20-24,26,28-30,33-59H2,1-3H3/b10-7-,19-16-,27-25-,32-31-. The minimum absolute atomic E-state index is 0.0708. The molecule has 0 radical (unpaired) electrons. The van der Waals surface area contributed by atoms with E-state index in [1.54, 1.807) is 0 Å². The Morgan fingerprint density at radius 2 is 0.565 bits per heavy atom. The fourth-order valence-electron chi connectivity index (χ4n) is 8.85. The molecule has 6 heteroatoms. The molecule has 0 spiro atoms. The normalized spacial score (nSPS) is 12.3. The van der Waals surface area contributed by atoms with Gasteiger partial charge in [0.15, 0.2) is 6.10 Å². The number of esters is 3. The third-order valence-corrected chi connectivity index (χ3v) is 13.3. The molecule has 0 aliphatic rings. The molecule has 69 heavy (non-hydrogen) atoms. The molecular formula is C63H114O6. The van der Waals surface area contributed by atoms with Gasteiger partial charge in [-0.15, -0.1) is 0 Å². The van der Waals surface area contributed by atoms with Crippen molar-refractivity contribution < 1.29 is 28.6 Å². The number of unbranched alkanes of at least 4 members (excludes halogenated alkanes) is 36. The first-order valence-corrected chi connectivity index (χ1v) is 30.1. The summed E-state index contributed by atoms with van der Waals surface area (Å²) in [6, 6.07) is 0. The Balaban J connectivity index is 4.31. The summed E-state index contributed by atoms with van der Waals surface area (Å²) in [5, 5.41) is 0. The van der Waals surface area contributed by atoms with E-state index < -0.39 is 6.10 Å². The van der Waals surface area contributed by atoms with E-state index in [0.717, 1.165) is 89.9 Å². The van der Waals surface area contributed by atoms with Crippen LogP contribution in [0.2, 0.25) is 0 Å². The molecule has 0 bridgehead atoms. The molecular weight excluding hydrogens is 853 g/mol. The molecule has 0 aromatic heterocycles. The minimum Gasteiger partial charge on any atom is -0.462 e. The van der Waals surface area contributed by atoms with Crippen molar-refractivity contribution in [3.05, 3.63) is 48.6 Å². The van der Waals surface area contributed by atoms with Crippen LogP contribution in [0.25, 0.3) is 0 Å². The Kier molecular flexibility index (Phi) is 55.7. The van der Waals surface area contributed by atoms with Crippen molar-refractivity contribution in [2.75, 3.05) is 13.2 Å². The van der Waals surface area contributed by atoms with Crippen LogP contribution in [0, 0.1) is 0 Å². The van der Waals surface area contributed by atoms with Crippen molar-refractivity contribution in [1.82, 2.24) is 0 Å². The Morgan fingerprint density at radius 3 is 0.884 bits per heavy atom. The second kappa shape index (κ2) is 57.9. The molecule has 6 nitrogen and oxygen atoms in total. The lowest BCUT2D eigenvalue weighted by Crippen LogP contribution is -2.30. The average Bonchev–Trinajstić information content (AvgIpc) is 3.35. The van der Waals surface area contributed by atoms with Crippen molar-refractivity contribution in [3.63, 3.8) is 0 Å². The summed E-state index contributed by atoms with van der Waals surface area (Å²) < 4.78 is 16.9. The van der Waals surface area contributed by atoms with Crippen molar-refractivity contribution in [2.45, 2.75) is 322 Å². The number of carbonyl (C=O) groups excluding carboxylic acids is 3. The fourth-order valence-corrected chi connectivity index (χ4v) is 8.85. The molecule has 402 valence electrons. The van der Waals surface area contributed by atoms with Gasteiger partial charge in [0.2, 0.25) is 0 Å². The number of hydrogen-bond acceptors (Lipinski definition) is 6. The number of allylic oxidation sites excluding steroid dienone is 8. The van der Waals surface area contributed by atoms with Gasteiger partial charge in [-0.25, -0.2) is 0 Å². The fraction of sp³-hybridized carbons (Fsp3) is 0.825. The molecule has 1 unspecified atom stereocenters. The van der Waals surface area contributed by atoms with Gasteiger partial charge in [-0.2, -0.15) is 0 Å². The lowest BCUT2D eigenvalue weighted by Gasteiger charge is -2.18. The molecule has 0 fully saturated rings. The summed E-state index contributed by atoms with van der Waals surface area (Å²) in [7, 11) is 0. The highest BCUT2D eigenvalue weighted by Crippen LogP contribution is 2.17. The first-order valence-electron chi connectivity index (χ1n) is 30.1. The van der Waals surface area contributed by atoms with Crippen LogP contribution in [0.1, 0.15) is 316 Å². The quantitative estimate of drug-likeness (QED) is 0.0262. The maximum absolute atomic E-state index is 12.9. The Morgan fingerprint density at radius 1 is 0.304 bits per heavy atom. The van der Waals surface area contributed by atoms with Gasteiger partial charge in [-0.05, 0) is 57.8 Å². The predicted octanol–water partition coefficient (Wildman–Crippen LogP) is 20.2. The highest BCUT2D eigenvalue weighted by molar-refractivity contribution is 5.71. The Bertz CT molecular complexity index is 1200. The van der Waals surface area contributed by atoms with Crippen LogP contribution in [0.15, 0.2) is 48.6 Å². The summed E-state index contributed by atoms with van der Waals surface area (Å²) >= 11 is 0. The summed E-state index contributed by atoms with van der Waals surface area (Å²) in [4.78, 5) is 38.2. The Labute approximate surface area is 428 Å². The molecule has 0 amide bonds. The lowest BCUT2D eigenvalue weighted by molar-refractivity contribution is -0.167. The minimum atomic E-state index is -0.772. The summed E-state index contributed by atoms with van der Waals surface area (Å²) in [5.74, 6) is -0.860. The van der Waals surface area contributed by atoms with Crippen LogP contribution in [0.3, 0.4) is 0 Å². The van der Waals surface area contributed by atoms with E-state index in [-0.39, 0.29) is 31.1 Å². The van der Waals surface area contributed by atoms with Crippen molar-refractivity contribution in [2.24, 2.45) is 0 Å². The predicted molar refractivity (Wildman–Crippen MR) is 298 cm³/mol. The van der Waals surface area contributed by atoms with Gasteiger partial charge < -0.3 is 14.2 Å². The van der Waals surface area contributed by atoms with Gasteiger partial charge in [0.05, 0.1) is 0 Å². The molecule has 0 aliphatic carbocycles. The van der Waals surface area contributed by atoms with Crippen LogP contribution in [-0.2, 0) is 28.6 Å². The van der Waals surface area contributed by atoms with Crippen LogP contribution in [0.5, 0.6) is 0 Å². The van der Waals surface area contributed by atoms with E-state index in [4.69, 9.17) is 14.2 Å². The van der Waals surface area contributed by atoms with Gasteiger partial charge in [-0.3, -0.25) is 14.4 Å². The summed E-state index contributed by atoms with van der Waals surface area (Å²) in [6.07, 6.45) is 71.0. The van der Waals surface area contributed by atoms with Gasteiger partial charge in [0.25, 0.3) is 0 Å². The van der Waals surface area contributed by atoms with E-state index in [2.05, 4.69) is 69.4 Å². The maximum Gasteiger partial charge on any atom is 0.306 e. The molecule has 0 saturated carbocycles. The number of rotatable bonds is 55. The highest BCUT2D eigenvalue weighted by Gasteiger charge is 2.19. The third-order valence-electron chi connectivity index (χ3n) is 13.3. The van der Waals surface area contributed by atoms with E-state index in [0.29, 0.717) is 19.3 Å². The average molecular weight is 968 g/mol. The molecule has 0 rings (SSSR count). The van der Waals surface area contributed by atoms with Crippen LogP contribution in [-0.4, -0.2) is 37.2 Å². The lowest BCUT2D eigenvalue weighted by atomic mass is 10.0. The maximum atomic E-state index is 12.9. The largest absolute Gasteiger partial charge is 0.462 e. The van der Waals surface area contributed by atoms with E-state index >= 15 is 0 Å². The molecule has 0 heterocycles. The van der Waals surface area contributed by atoms with Crippen LogP contribution < -0.4 is 0 Å². The second-order valence-electron chi connectivity index (χ2n) is 20.2. The zero-order chi connectivity index (χ0) is 50.0. The summed E-state index contributed by atoms with van der Waals surface area (Å²) in [5.41, 5.74) is 0. The zero-order valence-corrected chi connectivity index (χ0v) is 46.1. The molecule has 0 aromatic carbocycles. The molecule has 0 aliphatic heterocycles. The summed E-state index contributed by atoms with van der Waals surface area (Å²) in [6.45, 7) is 6.56. The van der Waals surface area contributed by atoms with Gasteiger partial charge >= 0.3 is 17.9 Å². The van der Waals surface area contributed by atoms with Crippen molar-refractivity contribution in [1.29, 1.82) is 0 Å². The molecule has 1 atom stereocenters.